The minimum absolute atomic E-state index is 0.246. The van der Waals surface area contributed by atoms with Crippen LogP contribution in [0.3, 0.4) is 0 Å². The predicted molar refractivity (Wildman–Crippen MR) is 166 cm³/mol. The van der Waals surface area contributed by atoms with E-state index in [1.165, 1.54) is 6.08 Å². The van der Waals surface area contributed by atoms with Crippen molar-refractivity contribution < 1.29 is 28.7 Å². The summed E-state index contributed by atoms with van der Waals surface area (Å²) in [6.07, 6.45) is 1.37. The minimum Gasteiger partial charge on any atom is -0.490 e. The van der Waals surface area contributed by atoms with Crippen molar-refractivity contribution in [2.75, 3.05) is 23.4 Å². The highest BCUT2D eigenvalue weighted by Crippen LogP contribution is 2.36. The summed E-state index contributed by atoms with van der Waals surface area (Å²) in [6.45, 7) is 7.36. The van der Waals surface area contributed by atoms with Crippen LogP contribution in [0.5, 0.6) is 11.5 Å². The average Bonchev–Trinajstić information content (AvgIpc) is 2.90. The molecule has 0 atom stereocenters. The maximum Gasteiger partial charge on any atom is 0.335 e. The van der Waals surface area contributed by atoms with Gasteiger partial charge >= 0.3 is 6.03 Å². The van der Waals surface area contributed by atoms with Gasteiger partial charge in [-0.1, -0.05) is 29.8 Å². The number of barbiturate groups is 1. The molecule has 0 saturated carbocycles. The highest BCUT2D eigenvalue weighted by Gasteiger charge is 2.37. The van der Waals surface area contributed by atoms with E-state index in [1.54, 1.807) is 44.2 Å². The lowest BCUT2D eigenvalue weighted by molar-refractivity contribution is -0.122. The molecule has 2 N–H and O–H groups in total. The first kappa shape index (κ1) is 30.1. The largest absolute Gasteiger partial charge is 0.490 e. The number of anilines is 2. The second-order valence-corrected chi connectivity index (χ2v) is 10.8. The van der Waals surface area contributed by atoms with Crippen LogP contribution in [0, 0.1) is 24.3 Å². The van der Waals surface area contributed by atoms with E-state index in [0.29, 0.717) is 43.5 Å². The smallest absolute Gasteiger partial charge is 0.335 e. The lowest BCUT2D eigenvalue weighted by Crippen LogP contribution is -2.54. The molecule has 5 amide bonds. The van der Waals surface area contributed by atoms with Gasteiger partial charge < -0.3 is 14.8 Å². The van der Waals surface area contributed by atoms with Crippen LogP contribution >= 0.6 is 34.2 Å². The molecule has 0 aromatic heterocycles. The number of nitrogens with one attached hydrogen (secondary N) is 2. The van der Waals surface area contributed by atoms with Gasteiger partial charge in [0.15, 0.2) is 18.1 Å². The number of benzene rings is 3. The topological polar surface area (TPSA) is 114 Å². The Bertz CT molecular complexity index is 1600. The molecule has 4 rings (SSSR count). The van der Waals surface area contributed by atoms with Crippen LogP contribution in [-0.2, 0) is 14.4 Å². The Hall–Kier alpha value is -3.90. The number of halogens is 2. The fraction of sp³-hybridized carbons (Fsp3) is 0.200. The van der Waals surface area contributed by atoms with Crippen LogP contribution in [0.25, 0.3) is 6.08 Å². The van der Waals surface area contributed by atoms with Gasteiger partial charge in [-0.2, -0.15) is 0 Å². The van der Waals surface area contributed by atoms with Crippen molar-refractivity contribution in [2.45, 2.75) is 27.7 Å². The predicted octanol–water partition coefficient (Wildman–Crippen LogP) is 5.95. The molecule has 3 aromatic carbocycles. The third-order valence-corrected chi connectivity index (χ3v) is 7.45. The van der Waals surface area contributed by atoms with Crippen molar-refractivity contribution in [3.05, 3.63) is 85.0 Å². The van der Waals surface area contributed by atoms with E-state index in [9.17, 15) is 19.2 Å². The number of imide groups is 2. The van der Waals surface area contributed by atoms with E-state index in [4.69, 9.17) is 21.1 Å². The van der Waals surface area contributed by atoms with Crippen LogP contribution < -0.4 is 25.0 Å². The van der Waals surface area contributed by atoms with Crippen LogP contribution in [0.2, 0.25) is 5.02 Å². The molecule has 0 spiro atoms. The molecule has 1 aliphatic heterocycles. The molecule has 9 nitrogen and oxygen atoms in total. The normalized spacial score (nSPS) is 14.2. The third-order valence-electron chi connectivity index (χ3n) is 6.24. The second kappa shape index (κ2) is 12.7. The van der Waals surface area contributed by atoms with Gasteiger partial charge in [0.2, 0.25) is 0 Å². The summed E-state index contributed by atoms with van der Waals surface area (Å²) in [5.74, 6) is -1.29. The molecule has 1 heterocycles. The molecular weight excluding hydrogens is 661 g/mol. The summed E-state index contributed by atoms with van der Waals surface area (Å²) < 4.78 is 12.2. The van der Waals surface area contributed by atoms with Gasteiger partial charge in [-0.05, 0) is 109 Å². The number of hydrogen-bond acceptors (Lipinski definition) is 6. The maximum atomic E-state index is 13.4. The number of carbonyl (C=O) groups is 4. The lowest BCUT2D eigenvalue weighted by atomic mass is 10.1. The summed E-state index contributed by atoms with van der Waals surface area (Å²) in [5.41, 5.74) is 3.65. The summed E-state index contributed by atoms with van der Waals surface area (Å²) in [6, 6.07) is 13.0. The number of carbonyl (C=O) groups excluding carboxylic acids is 4. The summed E-state index contributed by atoms with van der Waals surface area (Å²) >= 11 is 8.23. The molecular formula is C30H27ClIN3O6. The van der Waals surface area contributed by atoms with Crippen LogP contribution in [-0.4, -0.2) is 37.0 Å². The molecule has 41 heavy (non-hydrogen) atoms. The number of rotatable bonds is 8. The van der Waals surface area contributed by atoms with E-state index < -0.39 is 17.8 Å². The number of amides is 5. The Kier molecular flexibility index (Phi) is 9.34. The molecule has 0 bridgehead atoms. The van der Waals surface area contributed by atoms with E-state index in [0.717, 1.165) is 16.0 Å². The first-order chi connectivity index (χ1) is 19.5. The summed E-state index contributed by atoms with van der Waals surface area (Å²) in [4.78, 5) is 52.2. The Morgan fingerprint density at radius 1 is 1.07 bits per heavy atom. The lowest BCUT2D eigenvalue weighted by Gasteiger charge is -2.27. The Morgan fingerprint density at radius 2 is 1.83 bits per heavy atom. The molecule has 3 aromatic rings. The molecule has 1 saturated heterocycles. The Labute approximate surface area is 256 Å². The monoisotopic (exact) mass is 687 g/mol. The van der Waals surface area contributed by atoms with Crippen molar-refractivity contribution in [3.8, 4) is 11.5 Å². The first-order valence-electron chi connectivity index (χ1n) is 12.6. The number of urea groups is 1. The van der Waals surface area contributed by atoms with Gasteiger partial charge in [-0.3, -0.25) is 19.7 Å². The fourth-order valence-corrected chi connectivity index (χ4v) is 5.10. The summed E-state index contributed by atoms with van der Waals surface area (Å²) in [7, 11) is 0. The van der Waals surface area contributed by atoms with E-state index in [1.807, 2.05) is 54.6 Å². The van der Waals surface area contributed by atoms with Crippen molar-refractivity contribution in [2.24, 2.45) is 0 Å². The number of ether oxygens (including phenoxy) is 2. The van der Waals surface area contributed by atoms with Crippen LogP contribution in [0.15, 0.2) is 54.1 Å². The van der Waals surface area contributed by atoms with Gasteiger partial charge in [0.25, 0.3) is 17.7 Å². The SMILES string of the molecule is CCOc1cc(/C=C2/C(=O)NC(=O)N(c3cccc(Cl)c3C)C2=O)cc(I)c1OCC(=O)Nc1cc(C)ccc1C. The van der Waals surface area contributed by atoms with Crippen LogP contribution in [0.1, 0.15) is 29.2 Å². The zero-order valence-electron chi connectivity index (χ0n) is 22.8. The van der Waals surface area contributed by atoms with E-state index in [-0.39, 0.29) is 23.8 Å². The molecule has 11 heteroatoms. The van der Waals surface area contributed by atoms with Crippen molar-refractivity contribution in [3.63, 3.8) is 0 Å². The zero-order chi connectivity index (χ0) is 29.8. The molecule has 0 radical (unpaired) electrons. The van der Waals surface area contributed by atoms with Gasteiger partial charge in [0.1, 0.15) is 5.57 Å². The third kappa shape index (κ3) is 6.71. The molecule has 0 aliphatic carbocycles. The average molecular weight is 688 g/mol. The van der Waals surface area contributed by atoms with Crippen molar-refractivity contribution in [1.29, 1.82) is 0 Å². The van der Waals surface area contributed by atoms with Gasteiger partial charge in [0.05, 0.1) is 15.9 Å². The molecule has 212 valence electrons. The van der Waals surface area contributed by atoms with Gasteiger partial charge in [-0.25, -0.2) is 9.69 Å². The molecule has 1 aliphatic rings. The molecule has 1 fully saturated rings. The minimum atomic E-state index is -0.866. The number of hydrogen-bond donors (Lipinski definition) is 2. The standard InChI is InChI=1S/C30H27ClIN3O6/c1-5-40-25-14-19(13-22(32)27(25)41-15-26(36)33-23-11-16(2)9-10-17(23)3)12-20-28(37)34-30(39)35(29(20)38)24-8-6-7-21(31)18(24)4/h6-14H,5,15H2,1-4H3,(H,33,36)(H,34,37,39)/b20-12-. The summed E-state index contributed by atoms with van der Waals surface area (Å²) in [5, 5.41) is 5.45. The quantitative estimate of drug-likeness (QED) is 0.172. The maximum absolute atomic E-state index is 13.4. The van der Waals surface area contributed by atoms with Gasteiger partial charge in [0, 0.05) is 10.7 Å². The Morgan fingerprint density at radius 3 is 2.56 bits per heavy atom. The highest BCUT2D eigenvalue weighted by molar-refractivity contribution is 14.1. The zero-order valence-corrected chi connectivity index (χ0v) is 25.7. The first-order valence-corrected chi connectivity index (χ1v) is 14.1. The molecule has 0 unspecified atom stereocenters. The second-order valence-electron chi connectivity index (χ2n) is 9.26. The number of nitrogens with zero attached hydrogens (tertiary/aromatic N) is 1. The van der Waals surface area contributed by atoms with Crippen LogP contribution in [0.4, 0.5) is 16.2 Å². The van der Waals surface area contributed by atoms with E-state index >= 15 is 0 Å². The van der Waals surface area contributed by atoms with Crippen molar-refractivity contribution in [1.82, 2.24) is 5.32 Å². The number of aryl methyl sites for hydroxylation is 2. The Balaban J connectivity index is 1.60. The highest BCUT2D eigenvalue weighted by atomic mass is 127. The fourth-order valence-electron chi connectivity index (χ4n) is 4.15. The van der Waals surface area contributed by atoms with E-state index in [2.05, 4.69) is 10.6 Å². The van der Waals surface area contributed by atoms with Gasteiger partial charge in [-0.15, -0.1) is 0 Å². The van der Waals surface area contributed by atoms with Crippen molar-refractivity contribution >= 4 is 75.4 Å².